The summed E-state index contributed by atoms with van der Waals surface area (Å²) in [6, 6.07) is 8.81. The number of carbonyl (C=O) groups is 1. The highest BCUT2D eigenvalue weighted by molar-refractivity contribution is 5.93. The Labute approximate surface area is 141 Å². The summed E-state index contributed by atoms with van der Waals surface area (Å²) in [6.07, 6.45) is 0.721. The molecule has 0 saturated heterocycles. The van der Waals surface area contributed by atoms with E-state index < -0.39 is 18.1 Å². The second-order valence-corrected chi connectivity index (χ2v) is 4.70. The zero-order valence-corrected chi connectivity index (χ0v) is 13.7. The summed E-state index contributed by atoms with van der Waals surface area (Å²) in [6.45, 7) is 1.82. The average Bonchev–Trinajstić information content (AvgIpc) is 2.84. The number of aliphatic hydroxyl groups excluding tert-OH is 1. The fraction of sp³-hybridized carbons (Fsp3) is 0.286. The summed E-state index contributed by atoms with van der Waals surface area (Å²) >= 11 is 0. The highest BCUT2D eigenvalue weighted by atomic mass is 35.5. The van der Waals surface area contributed by atoms with Gasteiger partial charge in [-0.3, -0.25) is 10.1 Å². The van der Waals surface area contributed by atoms with Crippen LogP contribution in [0.25, 0.3) is 0 Å². The molecular formula is C14H20Cl2N4O2. The van der Waals surface area contributed by atoms with Gasteiger partial charge in [-0.05, 0) is 18.9 Å². The van der Waals surface area contributed by atoms with Gasteiger partial charge in [0.25, 0.3) is 5.91 Å². The minimum absolute atomic E-state index is 0. The molecule has 0 bridgehead atoms. The molecule has 0 fully saturated rings. The number of nitrogens with zero attached hydrogens (tertiary/aromatic N) is 1. The van der Waals surface area contributed by atoms with Crippen LogP contribution in [0, 0.1) is 6.92 Å². The van der Waals surface area contributed by atoms with Crippen LogP contribution < -0.4 is 11.1 Å². The van der Waals surface area contributed by atoms with Crippen LogP contribution in [0.1, 0.15) is 11.3 Å². The number of anilines is 1. The van der Waals surface area contributed by atoms with Crippen molar-refractivity contribution in [3.63, 3.8) is 0 Å². The van der Waals surface area contributed by atoms with Crippen LogP contribution in [0.5, 0.6) is 0 Å². The molecule has 6 nitrogen and oxygen atoms in total. The second kappa shape index (κ2) is 9.42. The number of aryl methyl sites for hydroxylation is 1. The first-order valence-corrected chi connectivity index (χ1v) is 6.36. The predicted molar refractivity (Wildman–Crippen MR) is 90.6 cm³/mol. The lowest BCUT2D eigenvalue weighted by molar-refractivity contribution is -0.124. The summed E-state index contributed by atoms with van der Waals surface area (Å²) < 4.78 is 0. The molecular weight excluding hydrogens is 327 g/mol. The largest absolute Gasteiger partial charge is 0.382 e. The highest BCUT2D eigenvalue weighted by Crippen LogP contribution is 2.07. The molecule has 1 aromatic heterocycles. The summed E-state index contributed by atoms with van der Waals surface area (Å²) in [5.41, 5.74) is 7.66. The van der Waals surface area contributed by atoms with E-state index >= 15 is 0 Å². The van der Waals surface area contributed by atoms with Crippen molar-refractivity contribution >= 4 is 36.7 Å². The molecule has 8 heteroatoms. The Balaban J connectivity index is 0.00000220. The van der Waals surface area contributed by atoms with Crippen molar-refractivity contribution in [2.24, 2.45) is 5.73 Å². The Morgan fingerprint density at radius 2 is 2.00 bits per heavy atom. The van der Waals surface area contributed by atoms with Crippen LogP contribution in [0.4, 0.5) is 5.95 Å². The first-order chi connectivity index (χ1) is 9.56. The minimum Gasteiger partial charge on any atom is -0.382 e. The number of aliphatic hydroxyl groups is 1. The lowest BCUT2D eigenvalue weighted by atomic mass is 10.0. The zero-order chi connectivity index (χ0) is 14.5. The number of amides is 1. The van der Waals surface area contributed by atoms with Gasteiger partial charge < -0.3 is 15.8 Å². The molecule has 122 valence electrons. The van der Waals surface area contributed by atoms with Gasteiger partial charge in [0.2, 0.25) is 5.95 Å². The van der Waals surface area contributed by atoms with Crippen LogP contribution in [0.15, 0.2) is 36.5 Å². The minimum atomic E-state index is -1.29. The summed E-state index contributed by atoms with van der Waals surface area (Å²) in [5, 5.41) is 12.4. The number of aromatic nitrogens is 2. The van der Waals surface area contributed by atoms with Gasteiger partial charge in [0.05, 0.1) is 0 Å². The number of hydrogen-bond acceptors (Lipinski definition) is 4. The number of rotatable bonds is 5. The Kier molecular flexibility index (Phi) is 8.74. The number of benzene rings is 1. The quantitative estimate of drug-likeness (QED) is 0.657. The van der Waals surface area contributed by atoms with E-state index in [1.165, 1.54) is 0 Å². The van der Waals surface area contributed by atoms with Crippen LogP contribution in [-0.4, -0.2) is 33.1 Å². The van der Waals surface area contributed by atoms with Gasteiger partial charge >= 0.3 is 0 Å². The topological polar surface area (TPSA) is 104 Å². The second-order valence-electron chi connectivity index (χ2n) is 4.70. The lowest BCUT2D eigenvalue weighted by Crippen LogP contribution is -2.44. The normalized spacial score (nSPS) is 12.5. The number of halogens is 2. The average molecular weight is 347 g/mol. The van der Waals surface area contributed by atoms with E-state index in [4.69, 9.17) is 5.73 Å². The Hall–Kier alpha value is -1.60. The van der Waals surface area contributed by atoms with Crippen molar-refractivity contribution in [3.8, 4) is 0 Å². The van der Waals surface area contributed by atoms with Gasteiger partial charge in [-0.25, -0.2) is 4.98 Å². The number of hydrogen-bond donors (Lipinski definition) is 4. The number of carbonyl (C=O) groups excluding carboxylic acids is 1. The third-order valence-corrected chi connectivity index (χ3v) is 2.93. The van der Waals surface area contributed by atoms with Crippen molar-refractivity contribution < 1.29 is 9.90 Å². The molecule has 5 N–H and O–H groups in total. The summed E-state index contributed by atoms with van der Waals surface area (Å²) in [5.74, 6) is -0.263. The van der Waals surface area contributed by atoms with E-state index in [-0.39, 0.29) is 24.8 Å². The molecule has 0 aliphatic carbocycles. The molecule has 0 spiro atoms. The van der Waals surface area contributed by atoms with Gasteiger partial charge in [0.1, 0.15) is 6.10 Å². The third-order valence-electron chi connectivity index (χ3n) is 2.93. The monoisotopic (exact) mass is 346 g/mol. The maximum atomic E-state index is 11.9. The fourth-order valence-corrected chi connectivity index (χ4v) is 1.86. The smallest absolute Gasteiger partial charge is 0.257 e. The summed E-state index contributed by atoms with van der Waals surface area (Å²) in [4.78, 5) is 18.6. The van der Waals surface area contributed by atoms with Crippen molar-refractivity contribution in [1.82, 2.24) is 9.97 Å². The van der Waals surface area contributed by atoms with Gasteiger partial charge in [0, 0.05) is 17.9 Å². The molecule has 2 atom stereocenters. The Morgan fingerprint density at radius 3 is 2.55 bits per heavy atom. The molecule has 0 saturated carbocycles. The SMILES string of the molecule is Cc1cnc(NC(=O)[C@H](O)[C@@H](N)Cc2ccccc2)[nH]1.Cl.Cl. The van der Waals surface area contributed by atoms with E-state index in [1.54, 1.807) is 6.20 Å². The van der Waals surface area contributed by atoms with E-state index in [0.717, 1.165) is 11.3 Å². The lowest BCUT2D eigenvalue weighted by Gasteiger charge is -2.17. The van der Waals surface area contributed by atoms with Crippen LogP contribution in [-0.2, 0) is 11.2 Å². The molecule has 22 heavy (non-hydrogen) atoms. The number of nitrogens with two attached hydrogens (primary N) is 1. The van der Waals surface area contributed by atoms with Gasteiger partial charge in [-0.1, -0.05) is 30.3 Å². The van der Waals surface area contributed by atoms with E-state index in [9.17, 15) is 9.90 Å². The Morgan fingerprint density at radius 1 is 1.36 bits per heavy atom. The predicted octanol–water partition coefficient (Wildman–Crippen LogP) is 1.43. The highest BCUT2D eigenvalue weighted by Gasteiger charge is 2.23. The van der Waals surface area contributed by atoms with Gasteiger partial charge in [-0.2, -0.15) is 0 Å². The van der Waals surface area contributed by atoms with E-state index in [0.29, 0.717) is 12.4 Å². The first-order valence-electron chi connectivity index (χ1n) is 6.36. The number of aromatic amines is 1. The van der Waals surface area contributed by atoms with Crippen molar-refractivity contribution in [3.05, 3.63) is 47.8 Å². The van der Waals surface area contributed by atoms with Crippen molar-refractivity contribution in [2.45, 2.75) is 25.5 Å². The van der Waals surface area contributed by atoms with Crippen LogP contribution in [0.3, 0.4) is 0 Å². The molecule has 1 heterocycles. The molecule has 0 aliphatic rings. The number of nitrogens with one attached hydrogen (secondary N) is 2. The van der Waals surface area contributed by atoms with Crippen molar-refractivity contribution in [2.75, 3.05) is 5.32 Å². The molecule has 0 radical (unpaired) electrons. The molecule has 0 unspecified atom stereocenters. The third kappa shape index (κ3) is 5.65. The molecule has 1 aromatic carbocycles. The zero-order valence-electron chi connectivity index (χ0n) is 12.0. The van der Waals surface area contributed by atoms with Crippen molar-refractivity contribution in [1.29, 1.82) is 0 Å². The molecule has 1 amide bonds. The van der Waals surface area contributed by atoms with E-state index in [2.05, 4.69) is 15.3 Å². The van der Waals surface area contributed by atoms with E-state index in [1.807, 2.05) is 37.3 Å². The fourth-order valence-electron chi connectivity index (χ4n) is 1.86. The standard InChI is InChI=1S/C14H18N4O2.2ClH/c1-9-8-16-14(17-9)18-13(20)12(19)11(15)7-10-5-3-2-4-6-10;;/h2-6,8,11-12,19H,7,15H2,1H3,(H2,16,17,18,20);2*1H/t11-,12+;;/m0../s1. The molecule has 2 aromatic rings. The van der Waals surface area contributed by atoms with Crippen LogP contribution in [0.2, 0.25) is 0 Å². The molecule has 0 aliphatic heterocycles. The molecule has 2 rings (SSSR count). The number of imidazole rings is 1. The summed E-state index contributed by atoms with van der Waals surface area (Å²) in [7, 11) is 0. The number of H-pyrrole nitrogens is 1. The Bertz CT molecular complexity index is 577. The van der Waals surface area contributed by atoms with Gasteiger partial charge in [-0.15, -0.1) is 24.8 Å². The maximum Gasteiger partial charge on any atom is 0.257 e. The first kappa shape index (κ1) is 20.4. The van der Waals surface area contributed by atoms with Crippen LogP contribution >= 0.6 is 24.8 Å². The van der Waals surface area contributed by atoms with Gasteiger partial charge in [0.15, 0.2) is 0 Å². The maximum absolute atomic E-state index is 11.9.